The first-order chi connectivity index (χ1) is 8.43. The van der Waals surface area contributed by atoms with E-state index >= 15 is 0 Å². The summed E-state index contributed by atoms with van der Waals surface area (Å²) in [5.74, 6) is 0. The summed E-state index contributed by atoms with van der Waals surface area (Å²) in [5, 5.41) is 3.56. The van der Waals surface area contributed by atoms with Crippen molar-refractivity contribution in [2.45, 2.75) is 25.4 Å². The molecule has 0 bridgehead atoms. The van der Waals surface area contributed by atoms with Gasteiger partial charge in [-0.1, -0.05) is 30.3 Å². The van der Waals surface area contributed by atoms with Crippen LogP contribution < -0.4 is 5.32 Å². The van der Waals surface area contributed by atoms with Gasteiger partial charge in [0.25, 0.3) is 0 Å². The molecule has 0 spiro atoms. The monoisotopic (exact) mass is 226 g/mol. The van der Waals surface area contributed by atoms with Crippen LogP contribution in [-0.4, -0.2) is 11.1 Å². The second-order valence-corrected chi connectivity index (χ2v) is 4.70. The van der Waals surface area contributed by atoms with Crippen LogP contribution in [0.25, 0.3) is 0 Å². The lowest BCUT2D eigenvalue weighted by Gasteiger charge is -2.15. The highest BCUT2D eigenvalue weighted by molar-refractivity contribution is 5.19. The van der Waals surface area contributed by atoms with Crippen LogP contribution in [0, 0.1) is 0 Å². The Balaban J connectivity index is 1.81. The van der Waals surface area contributed by atoms with Crippen LogP contribution in [0.4, 0.5) is 0 Å². The molecular weight excluding hydrogens is 208 g/mol. The van der Waals surface area contributed by atoms with Gasteiger partial charge in [0.1, 0.15) is 0 Å². The molecule has 1 aromatic heterocycles. The van der Waals surface area contributed by atoms with Gasteiger partial charge in [-0.15, -0.1) is 0 Å². The number of benzene rings is 1. The molecule has 17 heavy (non-hydrogen) atoms. The van der Waals surface area contributed by atoms with Crippen LogP contribution in [0.3, 0.4) is 0 Å². The quantitative estimate of drug-likeness (QED) is 0.851. The Bertz CT molecular complexity index is 467. The molecule has 0 amide bonds. The minimum Gasteiger partial charge on any atom is -0.346 e. The van der Waals surface area contributed by atoms with Crippen molar-refractivity contribution < 1.29 is 0 Å². The lowest BCUT2D eigenvalue weighted by atomic mass is 10.1. The Morgan fingerprint density at radius 2 is 2.00 bits per heavy atom. The maximum atomic E-state index is 3.56. The van der Waals surface area contributed by atoms with Crippen molar-refractivity contribution in [3.63, 3.8) is 0 Å². The highest BCUT2D eigenvalue weighted by atomic mass is 15.0. The molecule has 1 aliphatic heterocycles. The molecule has 3 rings (SSSR count). The topological polar surface area (TPSA) is 17.0 Å². The summed E-state index contributed by atoms with van der Waals surface area (Å²) >= 11 is 0. The lowest BCUT2D eigenvalue weighted by molar-refractivity contribution is 0.584. The van der Waals surface area contributed by atoms with Crippen molar-refractivity contribution in [3.05, 3.63) is 59.9 Å². The van der Waals surface area contributed by atoms with Crippen LogP contribution in [0.2, 0.25) is 0 Å². The first kappa shape index (κ1) is 10.6. The Labute approximate surface area is 102 Å². The molecule has 1 fully saturated rings. The molecule has 0 saturated carbocycles. The van der Waals surface area contributed by atoms with Gasteiger partial charge in [-0.2, -0.15) is 0 Å². The van der Waals surface area contributed by atoms with Crippen molar-refractivity contribution in [2.24, 2.45) is 0 Å². The predicted octanol–water partition coefficient (Wildman–Crippen LogP) is 2.96. The Hall–Kier alpha value is -1.54. The highest BCUT2D eigenvalue weighted by Gasteiger charge is 2.18. The zero-order valence-corrected chi connectivity index (χ0v) is 9.97. The molecule has 1 atom stereocenters. The molecule has 88 valence electrons. The minimum atomic E-state index is 0.550. The van der Waals surface area contributed by atoms with E-state index in [1.165, 1.54) is 24.1 Å². The third kappa shape index (κ3) is 2.27. The maximum absolute atomic E-state index is 3.56. The fourth-order valence-electron chi connectivity index (χ4n) is 2.60. The zero-order valence-electron chi connectivity index (χ0n) is 9.97. The van der Waals surface area contributed by atoms with Crippen molar-refractivity contribution in [3.8, 4) is 0 Å². The molecule has 1 saturated heterocycles. The molecule has 0 radical (unpaired) electrons. The van der Waals surface area contributed by atoms with Crippen LogP contribution in [-0.2, 0) is 6.54 Å². The number of hydrogen-bond donors (Lipinski definition) is 1. The van der Waals surface area contributed by atoms with E-state index in [9.17, 15) is 0 Å². The summed E-state index contributed by atoms with van der Waals surface area (Å²) in [6, 6.07) is 15.6. The van der Waals surface area contributed by atoms with Gasteiger partial charge in [0.15, 0.2) is 0 Å². The van der Waals surface area contributed by atoms with Gasteiger partial charge in [-0.05, 0) is 37.1 Å². The Morgan fingerprint density at radius 1 is 1.12 bits per heavy atom. The summed E-state index contributed by atoms with van der Waals surface area (Å²) in [6.45, 7) is 2.13. The molecule has 2 heteroatoms. The Kier molecular flexibility index (Phi) is 2.97. The van der Waals surface area contributed by atoms with Crippen LogP contribution in [0.1, 0.15) is 30.1 Å². The van der Waals surface area contributed by atoms with Crippen LogP contribution >= 0.6 is 0 Å². The van der Waals surface area contributed by atoms with Crippen molar-refractivity contribution in [2.75, 3.05) is 6.54 Å². The van der Waals surface area contributed by atoms with Gasteiger partial charge in [-0.3, -0.25) is 0 Å². The summed E-state index contributed by atoms with van der Waals surface area (Å²) in [4.78, 5) is 0. The normalized spacial score (nSPS) is 19.6. The molecule has 1 N–H and O–H groups in total. The van der Waals surface area contributed by atoms with Gasteiger partial charge < -0.3 is 9.88 Å². The zero-order chi connectivity index (χ0) is 11.5. The number of aromatic nitrogens is 1. The van der Waals surface area contributed by atoms with Crippen LogP contribution in [0.15, 0.2) is 48.7 Å². The summed E-state index contributed by atoms with van der Waals surface area (Å²) < 4.78 is 2.36. The summed E-state index contributed by atoms with van der Waals surface area (Å²) in [7, 11) is 0. The van der Waals surface area contributed by atoms with E-state index in [0.717, 1.165) is 13.1 Å². The Morgan fingerprint density at radius 3 is 2.76 bits per heavy atom. The molecule has 2 nitrogen and oxygen atoms in total. The van der Waals surface area contributed by atoms with E-state index in [-0.39, 0.29) is 0 Å². The maximum Gasteiger partial charge on any atom is 0.0475 e. The average Bonchev–Trinajstić information content (AvgIpc) is 3.00. The molecular formula is C15H18N2. The highest BCUT2D eigenvalue weighted by Crippen LogP contribution is 2.23. The standard InChI is InChI=1S/C15H18N2/c1-2-6-13(7-3-1)12-17-11-5-9-15(17)14-8-4-10-16-14/h1-3,5-7,9,11,14,16H,4,8,10,12H2. The number of rotatable bonds is 3. The van der Waals surface area contributed by atoms with Crippen molar-refractivity contribution in [1.29, 1.82) is 0 Å². The smallest absolute Gasteiger partial charge is 0.0475 e. The molecule has 1 aromatic carbocycles. The summed E-state index contributed by atoms with van der Waals surface area (Å²) in [6.07, 6.45) is 4.74. The number of nitrogens with one attached hydrogen (secondary N) is 1. The second-order valence-electron chi connectivity index (χ2n) is 4.70. The van der Waals surface area contributed by atoms with E-state index in [1.807, 2.05) is 0 Å². The van der Waals surface area contributed by atoms with E-state index in [2.05, 4.69) is 58.5 Å². The minimum absolute atomic E-state index is 0.550. The van der Waals surface area contributed by atoms with Gasteiger partial charge in [0, 0.05) is 24.5 Å². The van der Waals surface area contributed by atoms with E-state index < -0.39 is 0 Å². The van der Waals surface area contributed by atoms with Gasteiger partial charge >= 0.3 is 0 Å². The molecule has 2 heterocycles. The van der Waals surface area contributed by atoms with Crippen LogP contribution in [0.5, 0.6) is 0 Å². The lowest BCUT2D eigenvalue weighted by Crippen LogP contribution is -2.17. The predicted molar refractivity (Wildman–Crippen MR) is 70.0 cm³/mol. The molecule has 1 aliphatic rings. The fraction of sp³-hybridized carbons (Fsp3) is 0.333. The molecule has 0 aliphatic carbocycles. The van der Waals surface area contributed by atoms with E-state index in [0.29, 0.717) is 6.04 Å². The number of hydrogen-bond acceptors (Lipinski definition) is 1. The molecule has 1 unspecified atom stereocenters. The fourth-order valence-corrected chi connectivity index (χ4v) is 2.60. The van der Waals surface area contributed by atoms with Gasteiger partial charge in [-0.25, -0.2) is 0 Å². The SMILES string of the molecule is c1ccc(Cn2cccc2C2CCCN2)cc1. The van der Waals surface area contributed by atoms with Crippen molar-refractivity contribution >= 4 is 0 Å². The largest absolute Gasteiger partial charge is 0.346 e. The van der Waals surface area contributed by atoms with E-state index in [4.69, 9.17) is 0 Å². The average molecular weight is 226 g/mol. The van der Waals surface area contributed by atoms with Gasteiger partial charge in [0.2, 0.25) is 0 Å². The summed E-state index contributed by atoms with van der Waals surface area (Å²) in [5.41, 5.74) is 2.79. The first-order valence-electron chi connectivity index (χ1n) is 6.36. The van der Waals surface area contributed by atoms with Gasteiger partial charge in [0.05, 0.1) is 0 Å². The van der Waals surface area contributed by atoms with Crippen molar-refractivity contribution in [1.82, 2.24) is 9.88 Å². The van der Waals surface area contributed by atoms with E-state index in [1.54, 1.807) is 0 Å². The first-order valence-corrected chi connectivity index (χ1v) is 6.36. The third-order valence-corrected chi connectivity index (χ3v) is 3.48. The molecule has 2 aromatic rings. The number of nitrogens with zero attached hydrogens (tertiary/aromatic N) is 1. The second kappa shape index (κ2) is 4.76. The third-order valence-electron chi connectivity index (χ3n) is 3.48.